The number of aromatic hydroxyl groups is 1. The molecular formula is C28H44N2O3. The highest BCUT2D eigenvalue weighted by atomic mass is 16.5. The van der Waals surface area contributed by atoms with Gasteiger partial charge in [-0.3, -0.25) is 0 Å². The van der Waals surface area contributed by atoms with E-state index in [0.29, 0.717) is 30.3 Å². The number of likely N-dealkylation sites (N-methyl/N-ethyl adjacent to an activating group) is 1. The molecule has 4 atom stereocenters. The number of ether oxygens (including phenoxy) is 2. The summed E-state index contributed by atoms with van der Waals surface area (Å²) in [4.78, 5) is 2.12. The lowest BCUT2D eigenvalue weighted by molar-refractivity contribution is 0.0439. The molecule has 0 saturated heterocycles. The topological polar surface area (TPSA) is 54.0 Å². The number of aryl methyl sites for hydroxylation is 1. The highest BCUT2D eigenvalue weighted by Gasteiger charge is 2.52. The average Bonchev–Trinajstić information content (AvgIpc) is 3.13. The molecule has 0 bridgehead atoms. The molecule has 3 aliphatic carbocycles. The van der Waals surface area contributed by atoms with Crippen LogP contribution in [0.2, 0.25) is 0 Å². The van der Waals surface area contributed by atoms with Crippen molar-refractivity contribution in [2.45, 2.75) is 51.4 Å². The number of allylic oxidation sites excluding steroid dienone is 1. The SMILES string of the molecule is CN(C)CCOCCOCCNC/C=C1\CCC2C3CCc4cc(O)ccc4C3CCC12C. The zero-order valence-corrected chi connectivity index (χ0v) is 20.9. The van der Waals surface area contributed by atoms with Crippen molar-refractivity contribution in [1.29, 1.82) is 0 Å². The van der Waals surface area contributed by atoms with Crippen LogP contribution in [0.1, 0.15) is 56.1 Å². The minimum absolute atomic E-state index is 0.373. The molecule has 2 saturated carbocycles. The van der Waals surface area contributed by atoms with Crippen LogP contribution in [0, 0.1) is 17.3 Å². The molecule has 0 aliphatic heterocycles. The van der Waals surface area contributed by atoms with E-state index in [2.05, 4.69) is 43.4 Å². The lowest BCUT2D eigenvalue weighted by Crippen LogP contribution is -2.40. The summed E-state index contributed by atoms with van der Waals surface area (Å²) >= 11 is 0. The Morgan fingerprint density at radius 2 is 1.91 bits per heavy atom. The summed E-state index contributed by atoms with van der Waals surface area (Å²) in [5.41, 5.74) is 4.97. The molecule has 2 N–H and O–H groups in total. The zero-order valence-electron chi connectivity index (χ0n) is 20.9. The highest BCUT2D eigenvalue weighted by Crippen LogP contribution is 2.62. The molecule has 1 aromatic carbocycles. The maximum Gasteiger partial charge on any atom is 0.115 e. The van der Waals surface area contributed by atoms with Gasteiger partial charge in [-0.2, -0.15) is 0 Å². The first-order valence-corrected chi connectivity index (χ1v) is 13.0. The van der Waals surface area contributed by atoms with Gasteiger partial charge >= 0.3 is 0 Å². The lowest BCUT2D eigenvalue weighted by atomic mass is 9.55. The van der Waals surface area contributed by atoms with Gasteiger partial charge in [0.15, 0.2) is 0 Å². The number of fused-ring (bicyclic) bond motifs is 5. The summed E-state index contributed by atoms with van der Waals surface area (Å²) < 4.78 is 11.2. The molecule has 5 nitrogen and oxygen atoms in total. The van der Waals surface area contributed by atoms with Crippen molar-refractivity contribution in [3.63, 3.8) is 0 Å². The zero-order chi connectivity index (χ0) is 23.3. The van der Waals surface area contributed by atoms with E-state index in [-0.39, 0.29) is 0 Å². The molecule has 2 fully saturated rings. The number of phenols is 1. The molecule has 33 heavy (non-hydrogen) atoms. The first kappa shape index (κ1) is 24.7. The molecule has 4 rings (SSSR count). The van der Waals surface area contributed by atoms with Crippen LogP contribution in [0.25, 0.3) is 0 Å². The van der Waals surface area contributed by atoms with Crippen molar-refractivity contribution in [1.82, 2.24) is 10.2 Å². The number of nitrogens with zero attached hydrogens (tertiary/aromatic N) is 1. The second kappa shape index (κ2) is 11.4. The molecule has 1 aromatic rings. The highest BCUT2D eigenvalue weighted by molar-refractivity contribution is 5.40. The minimum Gasteiger partial charge on any atom is -0.508 e. The Labute approximate surface area is 200 Å². The van der Waals surface area contributed by atoms with Crippen LogP contribution >= 0.6 is 0 Å². The van der Waals surface area contributed by atoms with E-state index >= 15 is 0 Å². The molecule has 0 spiro atoms. The second-order valence-corrected chi connectivity index (χ2v) is 10.8. The first-order chi connectivity index (χ1) is 16.0. The van der Waals surface area contributed by atoms with Crippen LogP contribution in [0.3, 0.4) is 0 Å². The number of rotatable bonds is 11. The van der Waals surface area contributed by atoms with Gasteiger partial charge in [-0.25, -0.2) is 0 Å². The summed E-state index contributed by atoms with van der Waals surface area (Å²) in [5.74, 6) is 2.72. The number of hydrogen-bond acceptors (Lipinski definition) is 5. The Morgan fingerprint density at radius 3 is 2.73 bits per heavy atom. The van der Waals surface area contributed by atoms with Crippen molar-refractivity contribution >= 4 is 0 Å². The van der Waals surface area contributed by atoms with Crippen molar-refractivity contribution < 1.29 is 14.6 Å². The van der Waals surface area contributed by atoms with Gasteiger partial charge in [0.1, 0.15) is 5.75 Å². The molecule has 0 radical (unpaired) electrons. The van der Waals surface area contributed by atoms with Crippen LogP contribution in [-0.4, -0.2) is 70.2 Å². The summed E-state index contributed by atoms with van der Waals surface area (Å²) in [5, 5.41) is 13.4. The van der Waals surface area contributed by atoms with E-state index in [1.54, 1.807) is 5.57 Å². The van der Waals surface area contributed by atoms with Gasteiger partial charge in [0.05, 0.1) is 26.4 Å². The maximum atomic E-state index is 9.89. The Kier molecular flexibility index (Phi) is 8.50. The molecule has 184 valence electrons. The molecule has 3 aliphatic rings. The van der Waals surface area contributed by atoms with Crippen LogP contribution in [0.15, 0.2) is 29.8 Å². The van der Waals surface area contributed by atoms with E-state index < -0.39 is 0 Å². The first-order valence-electron chi connectivity index (χ1n) is 13.0. The van der Waals surface area contributed by atoms with Crippen molar-refractivity contribution in [3.8, 4) is 5.75 Å². The van der Waals surface area contributed by atoms with Gasteiger partial charge in [0.2, 0.25) is 0 Å². The average molecular weight is 457 g/mol. The Morgan fingerprint density at radius 1 is 1.09 bits per heavy atom. The largest absolute Gasteiger partial charge is 0.508 e. The van der Waals surface area contributed by atoms with Gasteiger partial charge in [0, 0.05) is 19.6 Å². The Balaban J connectivity index is 1.20. The molecular weight excluding hydrogens is 412 g/mol. The molecule has 0 amide bonds. The number of phenolic OH excluding ortho intramolecular Hbond substituents is 1. The van der Waals surface area contributed by atoms with E-state index in [0.717, 1.165) is 51.1 Å². The van der Waals surface area contributed by atoms with Gasteiger partial charge in [-0.15, -0.1) is 0 Å². The maximum absolute atomic E-state index is 9.89. The summed E-state index contributed by atoms with van der Waals surface area (Å²) in [6.07, 6.45) is 10.1. The standard InChI is InChI=1S/C28H44N2O3/c1-28-12-10-25-24-8-6-23(31)20-21(24)4-7-26(25)27(28)9-5-22(28)11-13-29-14-16-32-18-19-33-17-15-30(2)3/h6,8,11,20,25-27,29,31H,4-5,7,9-10,12-19H2,1-3H3/b22-11+. The third-order valence-corrected chi connectivity index (χ3v) is 8.53. The van der Waals surface area contributed by atoms with E-state index in [9.17, 15) is 5.11 Å². The van der Waals surface area contributed by atoms with Crippen molar-refractivity contribution in [2.75, 3.05) is 60.2 Å². The quantitative estimate of drug-likeness (QED) is 0.383. The van der Waals surface area contributed by atoms with E-state index in [4.69, 9.17) is 9.47 Å². The number of nitrogens with one attached hydrogen (secondary N) is 1. The van der Waals surface area contributed by atoms with Gasteiger partial charge in [-0.1, -0.05) is 24.6 Å². The van der Waals surface area contributed by atoms with Gasteiger partial charge < -0.3 is 24.8 Å². The van der Waals surface area contributed by atoms with Crippen LogP contribution in [-0.2, 0) is 15.9 Å². The van der Waals surface area contributed by atoms with Crippen molar-refractivity contribution in [2.24, 2.45) is 17.3 Å². The number of benzene rings is 1. The third-order valence-electron chi connectivity index (χ3n) is 8.53. The normalized spacial score (nSPS) is 29.8. The molecule has 4 unspecified atom stereocenters. The number of hydrogen-bond donors (Lipinski definition) is 2. The predicted octanol–water partition coefficient (Wildman–Crippen LogP) is 4.36. The van der Waals surface area contributed by atoms with Crippen LogP contribution < -0.4 is 5.32 Å². The van der Waals surface area contributed by atoms with Crippen molar-refractivity contribution in [3.05, 3.63) is 41.0 Å². The molecule has 0 aromatic heterocycles. The van der Waals surface area contributed by atoms with E-state index in [1.165, 1.54) is 43.2 Å². The van der Waals surface area contributed by atoms with E-state index in [1.807, 2.05) is 12.1 Å². The fourth-order valence-electron chi connectivity index (χ4n) is 6.76. The van der Waals surface area contributed by atoms with Crippen LogP contribution in [0.4, 0.5) is 0 Å². The van der Waals surface area contributed by atoms with Gasteiger partial charge in [-0.05, 0) is 99.0 Å². The lowest BCUT2D eigenvalue weighted by Gasteiger charge is -2.49. The molecule has 0 heterocycles. The second-order valence-electron chi connectivity index (χ2n) is 10.8. The smallest absolute Gasteiger partial charge is 0.115 e. The fourth-order valence-corrected chi connectivity index (χ4v) is 6.76. The summed E-state index contributed by atoms with van der Waals surface area (Å²) in [6, 6.07) is 6.10. The van der Waals surface area contributed by atoms with Crippen LogP contribution in [0.5, 0.6) is 5.75 Å². The monoisotopic (exact) mass is 456 g/mol. The Hall–Kier alpha value is -1.40. The summed E-state index contributed by atoms with van der Waals surface area (Å²) in [7, 11) is 4.11. The fraction of sp³-hybridized carbons (Fsp3) is 0.714. The molecule has 5 heteroatoms. The minimum atomic E-state index is 0.373. The third kappa shape index (κ3) is 5.82. The summed E-state index contributed by atoms with van der Waals surface area (Å²) in [6.45, 7) is 8.16. The predicted molar refractivity (Wildman–Crippen MR) is 134 cm³/mol. The Bertz CT molecular complexity index is 808. The van der Waals surface area contributed by atoms with Gasteiger partial charge in [0.25, 0.3) is 0 Å².